The average Bonchev–Trinajstić information content (AvgIpc) is 2.28. The molecule has 0 radical (unpaired) electrons. The predicted octanol–water partition coefficient (Wildman–Crippen LogP) is 3.45. The van der Waals surface area contributed by atoms with E-state index in [1.54, 1.807) is 0 Å². The summed E-state index contributed by atoms with van der Waals surface area (Å²) in [5.74, 6) is 0. The number of nitrogens with one attached hydrogen (secondary N) is 1. The number of hydrogen-bond acceptors (Lipinski definition) is 3. The van der Waals surface area contributed by atoms with Crippen molar-refractivity contribution < 1.29 is 14.6 Å². The molecule has 1 amide bonds. The number of aliphatic hydroxyl groups is 1. The first kappa shape index (κ1) is 14.9. The molecular weight excluding hydrogens is 254 g/mol. The van der Waals surface area contributed by atoms with Gasteiger partial charge in [-0.15, -0.1) is 0 Å². The van der Waals surface area contributed by atoms with E-state index in [9.17, 15) is 9.90 Å². The molecular formula is C16H23NO3. The Morgan fingerprint density at radius 3 is 2.30 bits per heavy atom. The van der Waals surface area contributed by atoms with Crippen LogP contribution in [-0.4, -0.2) is 23.4 Å². The van der Waals surface area contributed by atoms with Crippen molar-refractivity contribution in [3.8, 4) is 0 Å². The van der Waals surface area contributed by atoms with E-state index < -0.39 is 11.7 Å². The summed E-state index contributed by atoms with van der Waals surface area (Å²) in [6.07, 6.45) is 2.77. The minimum absolute atomic E-state index is 0.0650. The second-order valence-electron chi connectivity index (χ2n) is 6.50. The van der Waals surface area contributed by atoms with Gasteiger partial charge in [0.2, 0.25) is 0 Å². The van der Waals surface area contributed by atoms with E-state index in [0.717, 1.165) is 18.4 Å². The summed E-state index contributed by atoms with van der Waals surface area (Å²) in [5, 5.41) is 12.3. The second-order valence-corrected chi connectivity index (χ2v) is 6.50. The molecule has 4 nitrogen and oxygen atoms in total. The first-order chi connectivity index (χ1) is 9.35. The van der Waals surface area contributed by atoms with Gasteiger partial charge in [0.25, 0.3) is 0 Å². The topological polar surface area (TPSA) is 58.6 Å². The molecule has 20 heavy (non-hydrogen) atoms. The molecule has 1 aliphatic rings. The Kier molecular flexibility index (Phi) is 4.04. The third-order valence-electron chi connectivity index (χ3n) is 3.76. The summed E-state index contributed by atoms with van der Waals surface area (Å²) in [5.41, 5.74) is 1.28. The van der Waals surface area contributed by atoms with Gasteiger partial charge >= 0.3 is 6.09 Å². The zero-order valence-electron chi connectivity index (χ0n) is 12.4. The number of carbonyl (C=O) groups is 1. The fourth-order valence-electron chi connectivity index (χ4n) is 2.47. The normalized spacial score (nSPS) is 17.2. The fourth-order valence-corrected chi connectivity index (χ4v) is 2.47. The molecule has 0 heterocycles. The van der Waals surface area contributed by atoms with Crippen molar-refractivity contribution in [2.45, 2.75) is 51.0 Å². The lowest BCUT2D eigenvalue weighted by Gasteiger charge is -2.40. The van der Waals surface area contributed by atoms with Gasteiger partial charge in [0, 0.05) is 11.1 Å². The van der Waals surface area contributed by atoms with Crippen LogP contribution in [-0.2, 0) is 10.2 Å². The number of hydrogen-bond donors (Lipinski definition) is 2. The molecule has 2 rings (SSSR count). The Labute approximate surface area is 120 Å². The highest BCUT2D eigenvalue weighted by Gasteiger charge is 2.37. The smallest absolute Gasteiger partial charge is 0.412 e. The third kappa shape index (κ3) is 3.31. The van der Waals surface area contributed by atoms with E-state index in [2.05, 4.69) is 5.32 Å². The first-order valence-electron chi connectivity index (χ1n) is 7.06. The number of ether oxygens (including phenoxy) is 1. The molecule has 1 fully saturated rings. The largest absolute Gasteiger partial charge is 0.444 e. The van der Waals surface area contributed by atoms with Crippen LogP contribution in [0.4, 0.5) is 10.5 Å². The first-order valence-corrected chi connectivity index (χ1v) is 7.06. The number of rotatable bonds is 3. The number of aliphatic hydroxyl groups excluding tert-OH is 1. The average molecular weight is 277 g/mol. The van der Waals surface area contributed by atoms with E-state index in [-0.39, 0.29) is 12.0 Å². The molecule has 4 heteroatoms. The number of carbonyl (C=O) groups excluding carboxylic acids is 1. The van der Waals surface area contributed by atoms with Gasteiger partial charge in [-0.05, 0) is 51.3 Å². The Morgan fingerprint density at radius 1 is 1.30 bits per heavy atom. The highest BCUT2D eigenvalue weighted by Crippen LogP contribution is 2.43. The summed E-state index contributed by atoms with van der Waals surface area (Å²) in [6, 6.07) is 7.66. The van der Waals surface area contributed by atoms with E-state index >= 15 is 0 Å². The van der Waals surface area contributed by atoms with Crippen molar-refractivity contribution in [1.29, 1.82) is 0 Å². The van der Waals surface area contributed by atoms with Crippen LogP contribution in [0.5, 0.6) is 0 Å². The van der Waals surface area contributed by atoms with Crippen molar-refractivity contribution >= 4 is 11.8 Å². The van der Waals surface area contributed by atoms with Crippen LogP contribution in [0.1, 0.15) is 45.6 Å². The quantitative estimate of drug-likeness (QED) is 0.889. The molecule has 1 saturated carbocycles. The van der Waals surface area contributed by atoms with Crippen LogP contribution in [0.25, 0.3) is 0 Å². The number of amides is 1. The standard InChI is InChI=1S/C16H23NO3/c1-15(2,3)20-14(19)17-13-7-5-12(6-8-13)16(11-18)9-4-10-16/h5-8,18H,4,9-11H2,1-3H3,(H,17,19). The van der Waals surface area contributed by atoms with Crippen molar-refractivity contribution in [3.05, 3.63) is 29.8 Å². The van der Waals surface area contributed by atoms with Gasteiger partial charge in [-0.2, -0.15) is 0 Å². The summed E-state index contributed by atoms with van der Waals surface area (Å²) in [4.78, 5) is 11.7. The summed E-state index contributed by atoms with van der Waals surface area (Å²) in [6.45, 7) is 5.68. The van der Waals surface area contributed by atoms with Gasteiger partial charge in [0.1, 0.15) is 5.60 Å². The lowest BCUT2D eigenvalue weighted by atomic mass is 9.65. The van der Waals surface area contributed by atoms with Gasteiger partial charge < -0.3 is 9.84 Å². The molecule has 0 spiro atoms. The van der Waals surface area contributed by atoms with Crippen LogP contribution in [0.2, 0.25) is 0 Å². The third-order valence-corrected chi connectivity index (χ3v) is 3.76. The second kappa shape index (κ2) is 5.44. The molecule has 2 N–H and O–H groups in total. The zero-order valence-corrected chi connectivity index (χ0v) is 12.4. The maximum Gasteiger partial charge on any atom is 0.412 e. The van der Waals surface area contributed by atoms with Gasteiger partial charge in [0.15, 0.2) is 0 Å². The molecule has 1 aromatic rings. The van der Waals surface area contributed by atoms with Gasteiger partial charge in [-0.3, -0.25) is 5.32 Å². The molecule has 1 aliphatic carbocycles. The Balaban J connectivity index is 2.00. The predicted molar refractivity (Wildman–Crippen MR) is 78.9 cm³/mol. The Bertz CT molecular complexity index is 464. The molecule has 0 bridgehead atoms. The van der Waals surface area contributed by atoms with E-state index in [1.165, 1.54) is 6.42 Å². The van der Waals surface area contributed by atoms with Crippen LogP contribution >= 0.6 is 0 Å². The lowest BCUT2D eigenvalue weighted by molar-refractivity contribution is 0.0636. The van der Waals surface area contributed by atoms with Crippen molar-refractivity contribution in [2.75, 3.05) is 11.9 Å². The van der Waals surface area contributed by atoms with E-state index in [4.69, 9.17) is 4.74 Å². The van der Waals surface area contributed by atoms with Gasteiger partial charge in [0.05, 0.1) is 6.61 Å². The van der Waals surface area contributed by atoms with Crippen LogP contribution in [0.15, 0.2) is 24.3 Å². The van der Waals surface area contributed by atoms with E-state index in [1.807, 2.05) is 45.0 Å². The van der Waals surface area contributed by atoms with Crippen molar-refractivity contribution in [3.63, 3.8) is 0 Å². The summed E-state index contributed by atoms with van der Waals surface area (Å²) in [7, 11) is 0. The van der Waals surface area contributed by atoms with Crippen LogP contribution in [0.3, 0.4) is 0 Å². The summed E-state index contributed by atoms with van der Waals surface area (Å²) < 4.78 is 5.20. The highest BCUT2D eigenvalue weighted by molar-refractivity contribution is 5.84. The molecule has 110 valence electrons. The Hall–Kier alpha value is -1.55. The van der Waals surface area contributed by atoms with Crippen LogP contribution in [0, 0.1) is 0 Å². The molecule has 1 aromatic carbocycles. The molecule has 0 unspecified atom stereocenters. The molecule has 0 saturated heterocycles. The number of anilines is 1. The van der Waals surface area contributed by atoms with Gasteiger partial charge in [-0.25, -0.2) is 4.79 Å². The van der Waals surface area contributed by atoms with Crippen LogP contribution < -0.4 is 5.32 Å². The van der Waals surface area contributed by atoms with Crippen molar-refractivity contribution in [2.24, 2.45) is 0 Å². The minimum atomic E-state index is -0.503. The SMILES string of the molecule is CC(C)(C)OC(=O)Nc1ccc(C2(CO)CCC2)cc1. The van der Waals surface area contributed by atoms with E-state index in [0.29, 0.717) is 5.69 Å². The van der Waals surface area contributed by atoms with Gasteiger partial charge in [-0.1, -0.05) is 18.6 Å². The summed E-state index contributed by atoms with van der Waals surface area (Å²) >= 11 is 0. The molecule has 0 aromatic heterocycles. The fraction of sp³-hybridized carbons (Fsp3) is 0.562. The highest BCUT2D eigenvalue weighted by atomic mass is 16.6. The molecule has 0 atom stereocenters. The van der Waals surface area contributed by atoms with Crippen molar-refractivity contribution in [1.82, 2.24) is 0 Å². The molecule has 0 aliphatic heterocycles. The Morgan fingerprint density at radius 2 is 1.90 bits per heavy atom. The minimum Gasteiger partial charge on any atom is -0.444 e. The zero-order chi connectivity index (χ0) is 14.8. The maximum absolute atomic E-state index is 11.7. The number of benzene rings is 1. The lowest BCUT2D eigenvalue weighted by Crippen LogP contribution is -2.37. The maximum atomic E-state index is 11.7. The monoisotopic (exact) mass is 277 g/mol.